The lowest BCUT2D eigenvalue weighted by atomic mass is 9.83. The smallest absolute Gasteiger partial charge is 0.304 e. The van der Waals surface area contributed by atoms with Gasteiger partial charge in [-0.25, -0.2) is 0 Å². The van der Waals surface area contributed by atoms with Crippen molar-refractivity contribution in [1.29, 1.82) is 0 Å². The molecule has 26 heavy (non-hydrogen) atoms. The monoisotopic (exact) mass is 351 g/mol. The van der Waals surface area contributed by atoms with Gasteiger partial charge in [-0.15, -0.1) is 0 Å². The largest absolute Gasteiger partial charge is 0.834 e. The molecule has 2 aromatic rings. The Morgan fingerprint density at radius 1 is 1.00 bits per heavy atom. The summed E-state index contributed by atoms with van der Waals surface area (Å²) in [4.78, 5) is 13.2. The molecule has 0 aromatic heterocycles. The van der Waals surface area contributed by atoms with Gasteiger partial charge in [-0.3, -0.25) is 4.79 Å². The molecular weight excluding hydrogens is 326 g/mol. The lowest BCUT2D eigenvalue weighted by molar-refractivity contribution is -0.928. The first-order chi connectivity index (χ1) is 12.5. The molecule has 3 saturated heterocycles. The molecule has 3 aliphatic heterocycles. The van der Waals surface area contributed by atoms with Crippen LogP contribution in [0.5, 0.6) is 0 Å². The normalized spacial score (nSPS) is 27.9. The van der Waals surface area contributed by atoms with Gasteiger partial charge in [-0.1, -0.05) is 60.7 Å². The Labute approximate surface area is 154 Å². The van der Waals surface area contributed by atoms with Gasteiger partial charge in [0.05, 0.1) is 20.1 Å². The van der Waals surface area contributed by atoms with Gasteiger partial charge in [0.1, 0.15) is 6.54 Å². The first-order valence-electron chi connectivity index (χ1n) is 9.37. The lowest BCUT2D eigenvalue weighted by Gasteiger charge is -2.51. The van der Waals surface area contributed by atoms with E-state index in [9.17, 15) is 9.90 Å². The van der Waals surface area contributed by atoms with Crippen LogP contribution in [0.4, 0.5) is 0 Å². The maximum atomic E-state index is 13.9. The molecule has 0 spiro atoms. The van der Waals surface area contributed by atoms with E-state index in [-0.39, 0.29) is 6.10 Å². The molecule has 0 radical (unpaired) electrons. The van der Waals surface area contributed by atoms with Crippen molar-refractivity contribution in [3.05, 3.63) is 71.8 Å². The van der Waals surface area contributed by atoms with Crippen LogP contribution in [-0.2, 0) is 15.1 Å². The zero-order chi connectivity index (χ0) is 18.2. The summed E-state index contributed by atoms with van der Waals surface area (Å²) in [5.74, 6) is -0.296. The maximum Gasteiger partial charge on any atom is 0.304 e. The van der Waals surface area contributed by atoms with E-state index < -0.39 is 11.6 Å². The zero-order valence-corrected chi connectivity index (χ0v) is 15.1. The fourth-order valence-electron chi connectivity index (χ4n) is 4.45. The molecule has 4 heteroatoms. The number of fused-ring (bicyclic) bond motifs is 3. The minimum Gasteiger partial charge on any atom is -0.834 e. The van der Waals surface area contributed by atoms with Crippen LogP contribution in [-0.4, -0.2) is 43.2 Å². The van der Waals surface area contributed by atoms with Gasteiger partial charge in [0, 0.05) is 24.4 Å². The van der Waals surface area contributed by atoms with E-state index in [1.54, 1.807) is 48.5 Å². The van der Waals surface area contributed by atoms with Crippen LogP contribution in [0.2, 0.25) is 0 Å². The second-order valence-corrected chi connectivity index (χ2v) is 7.94. The minimum atomic E-state index is -2.03. The second-order valence-electron chi connectivity index (χ2n) is 7.94. The highest BCUT2D eigenvalue weighted by Gasteiger charge is 2.46. The number of likely N-dealkylation sites (N-methyl/N-ethyl adjacent to an activating group) is 1. The number of rotatable bonds is 4. The van der Waals surface area contributed by atoms with Gasteiger partial charge in [-0.05, 0) is 11.1 Å². The van der Waals surface area contributed by atoms with E-state index in [0.29, 0.717) is 17.0 Å². The number of esters is 1. The number of ether oxygens (including phenoxy) is 1. The molecule has 0 aliphatic carbocycles. The molecule has 5 rings (SSSR count). The Morgan fingerprint density at radius 2 is 1.50 bits per heavy atom. The van der Waals surface area contributed by atoms with E-state index in [2.05, 4.69) is 7.05 Å². The zero-order valence-electron chi connectivity index (χ0n) is 15.1. The Bertz CT molecular complexity index is 727. The van der Waals surface area contributed by atoms with Gasteiger partial charge in [0.2, 0.25) is 0 Å². The quantitative estimate of drug-likeness (QED) is 0.626. The molecule has 3 heterocycles. The fourth-order valence-corrected chi connectivity index (χ4v) is 4.45. The standard InChI is InChI=1S/C22H25NO3/c1-23-14-12-17(13-15-23)20(16-23)26-21(24)22(25,18-8-4-2-5-9-18)19-10-6-3-7-11-19/h2-11,17,20H,12-16H2,1H3. The van der Waals surface area contributed by atoms with Crippen molar-refractivity contribution in [3.63, 3.8) is 0 Å². The summed E-state index contributed by atoms with van der Waals surface area (Å²) in [5, 5.41) is 13.9. The summed E-state index contributed by atoms with van der Waals surface area (Å²) in [6.45, 7) is 3.09. The topological polar surface area (TPSA) is 49.4 Å². The number of carbonyl (C=O) groups excluding carboxylic acids is 1. The molecule has 0 saturated carbocycles. The van der Waals surface area contributed by atoms with E-state index >= 15 is 0 Å². The van der Waals surface area contributed by atoms with E-state index in [0.717, 1.165) is 37.0 Å². The molecule has 0 amide bonds. The Hall–Kier alpha value is -2.17. The summed E-state index contributed by atoms with van der Waals surface area (Å²) in [7, 11) is 2.22. The summed E-state index contributed by atoms with van der Waals surface area (Å²) < 4.78 is 6.84. The van der Waals surface area contributed by atoms with Crippen LogP contribution < -0.4 is 5.11 Å². The van der Waals surface area contributed by atoms with Gasteiger partial charge in [0.25, 0.3) is 0 Å². The molecule has 2 bridgehead atoms. The molecule has 1 atom stereocenters. The number of quaternary nitrogens is 1. The van der Waals surface area contributed by atoms with Crippen molar-refractivity contribution in [3.8, 4) is 0 Å². The minimum absolute atomic E-state index is 0.157. The average molecular weight is 351 g/mol. The number of benzene rings is 2. The molecule has 136 valence electrons. The highest BCUT2D eigenvalue weighted by molar-refractivity contribution is 5.85. The predicted octanol–water partition coefficient (Wildman–Crippen LogP) is 2.07. The molecule has 1 unspecified atom stereocenters. The van der Waals surface area contributed by atoms with E-state index in [1.807, 2.05) is 12.1 Å². The first kappa shape index (κ1) is 17.3. The van der Waals surface area contributed by atoms with Crippen LogP contribution in [0.15, 0.2) is 60.7 Å². The highest BCUT2D eigenvalue weighted by atomic mass is 16.6. The van der Waals surface area contributed by atoms with Crippen LogP contribution in [0.25, 0.3) is 0 Å². The van der Waals surface area contributed by atoms with E-state index in [4.69, 9.17) is 4.74 Å². The molecule has 0 N–H and O–H groups in total. The molecular formula is C22H25NO3. The van der Waals surface area contributed by atoms with Crippen molar-refractivity contribution >= 4 is 5.97 Å². The predicted molar refractivity (Wildman–Crippen MR) is 97.1 cm³/mol. The number of carbonyl (C=O) groups is 1. The van der Waals surface area contributed by atoms with Crippen LogP contribution in [0, 0.1) is 5.92 Å². The van der Waals surface area contributed by atoms with Crippen LogP contribution >= 0.6 is 0 Å². The summed E-state index contributed by atoms with van der Waals surface area (Å²) in [6, 6.07) is 17.7. The Morgan fingerprint density at radius 3 is 1.96 bits per heavy atom. The summed E-state index contributed by atoms with van der Waals surface area (Å²) in [6.07, 6.45) is 1.98. The Balaban J connectivity index is 1.65. The van der Waals surface area contributed by atoms with Crippen molar-refractivity contribution in [1.82, 2.24) is 0 Å². The van der Waals surface area contributed by atoms with Gasteiger partial charge < -0.3 is 14.3 Å². The number of hydrogen-bond acceptors (Lipinski definition) is 3. The molecule has 4 nitrogen and oxygen atoms in total. The van der Waals surface area contributed by atoms with Crippen molar-refractivity contribution in [2.45, 2.75) is 24.5 Å². The van der Waals surface area contributed by atoms with Crippen molar-refractivity contribution < 1.29 is 19.1 Å². The van der Waals surface area contributed by atoms with Gasteiger partial charge in [0.15, 0.2) is 6.10 Å². The third kappa shape index (κ3) is 2.93. The molecule has 2 aromatic carbocycles. The number of nitrogens with zero attached hydrogens (tertiary/aromatic N) is 1. The van der Waals surface area contributed by atoms with E-state index in [1.165, 1.54) is 0 Å². The highest BCUT2D eigenvalue weighted by Crippen LogP contribution is 2.36. The second kappa shape index (κ2) is 6.53. The SMILES string of the molecule is C[N+]12CCC(CC1)C(OC(=O)C([O-])(c1ccccc1)c1ccccc1)C2. The molecule has 3 aliphatic rings. The Kier molecular flexibility index (Phi) is 4.33. The summed E-state index contributed by atoms with van der Waals surface area (Å²) in [5.41, 5.74) is -1.18. The first-order valence-corrected chi connectivity index (χ1v) is 9.37. The third-order valence-corrected chi connectivity index (χ3v) is 6.13. The lowest BCUT2D eigenvalue weighted by Crippen LogP contribution is -2.63. The molecule has 3 fully saturated rings. The van der Waals surface area contributed by atoms with Crippen LogP contribution in [0.3, 0.4) is 0 Å². The fraction of sp³-hybridized carbons (Fsp3) is 0.409. The van der Waals surface area contributed by atoms with Gasteiger partial charge in [-0.2, -0.15) is 0 Å². The summed E-state index contributed by atoms with van der Waals surface area (Å²) >= 11 is 0. The van der Waals surface area contributed by atoms with Crippen molar-refractivity contribution in [2.75, 3.05) is 26.7 Å². The van der Waals surface area contributed by atoms with Crippen LogP contribution in [0.1, 0.15) is 24.0 Å². The average Bonchev–Trinajstić information content (AvgIpc) is 2.69. The third-order valence-electron chi connectivity index (χ3n) is 6.13. The number of piperidine rings is 3. The van der Waals surface area contributed by atoms with Gasteiger partial charge >= 0.3 is 5.97 Å². The van der Waals surface area contributed by atoms with Crippen molar-refractivity contribution in [2.24, 2.45) is 5.92 Å². The number of hydrogen-bond donors (Lipinski definition) is 0. The maximum absolute atomic E-state index is 13.9.